The van der Waals surface area contributed by atoms with Crippen LogP contribution in [0.25, 0.3) is 0 Å². The van der Waals surface area contributed by atoms with Gasteiger partial charge in [-0.3, -0.25) is 14.9 Å². The Balaban J connectivity index is 1.71. The first-order chi connectivity index (χ1) is 14.9. The fraction of sp³-hybridized carbons (Fsp3) is 0.0909. The molecule has 0 aliphatic carbocycles. The van der Waals surface area contributed by atoms with Crippen molar-refractivity contribution < 1.29 is 24.0 Å². The Morgan fingerprint density at radius 3 is 2.35 bits per heavy atom. The predicted molar refractivity (Wildman–Crippen MR) is 115 cm³/mol. The van der Waals surface area contributed by atoms with E-state index in [0.717, 1.165) is 6.07 Å². The van der Waals surface area contributed by atoms with Gasteiger partial charge in [0.25, 0.3) is 5.69 Å². The molecule has 0 atom stereocenters. The summed E-state index contributed by atoms with van der Waals surface area (Å²) in [6, 6.07) is 16.5. The first-order valence-electron chi connectivity index (χ1n) is 9.00. The maximum Gasteiger partial charge on any atom is 0.339 e. The summed E-state index contributed by atoms with van der Waals surface area (Å²) in [6.07, 6.45) is 0. The van der Waals surface area contributed by atoms with E-state index in [4.69, 9.17) is 32.7 Å². The van der Waals surface area contributed by atoms with Gasteiger partial charge in [0.2, 0.25) is 0 Å². The Bertz CT molecular complexity index is 1150. The summed E-state index contributed by atoms with van der Waals surface area (Å²) >= 11 is 11.7. The maximum atomic E-state index is 12.9. The standard InChI is InChI=1S/C22H15Cl2NO6/c23-15-4-3-5-16(13-15)30-10-11-31-22(27)18-7-2-1-6-17(18)21(26)14-8-9-19(24)20(12-14)25(28)29/h1-9,12-13H,10-11H2. The average Bonchev–Trinajstić information content (AvgIpc) is 2.76. The Labute approximate surface area is 187 Å². The Morgan fingerprint density at radius 1 is 0.903 bits per heavy atom. The Hall–Kier alpha value is -3.42. The normalized spacial score (nSPS) is 10.4. The molecule has 3 rings (SSSR count). The van der Waals surface area contributed by atoms with Crippen LogP contribution in [-0.4, -0.2) is 29.9 Å². The lowest BCUT2D eigenvalue weighted by atomic mass is 9.98. The molecule has 0 heterocycles. The van der Waals surface area contributed by atoms with Gasteiger partial charge in [0, 0.05) is 22.2 Å². The van der Waals surface area contributed by atoms with Gasteiger partial charge in [0.05, 0.1) is 10.5 Å². The number of halogens is 2. The van der Waals surface area contributed by atoms with Crippen LogP contribution < -0.4 is 4.74 Å². The van der Waals surface area contributed by atoms with Crippen molar-refractivity contribution in [1.82, 2.24) is 0 Å². The van der Waals surface area contributed by atoms with Crippen LogP contribution in [0.1, 0.15) is 26.3 Å². The molecule has 0 saturated heterocycles. The van der Waals surface area contributed by atoms with Gasteiger partial charge in [-0.25, -0.2) is 4.79 Å². The predicted octanol–water partition coefficient (Wildman–Crippen LogP) is 5.37. The van der Waals surface area contributed by atoms with Gasteiger partial charge in [-0.1, -0.05) is 47.5 Å². The first-order valence-corrected chi connectivity index (χ1v) is 9.75. The third-order valence-corrected chi connectivity index (χ3v) is 4.73. The smallest absolute Gasteiger partial charge is 0.339 e. The van der Waals surface area contributed by atoms with Crippen molar-refractivity contribution in [3.8, 4) is 5.75 Å². The van der Waals surface area contributed by atoms with Crippen molar-refractivity contribution in [2.75, 3.05) is 13.2 Å². The zero-order valence-corrected chi connectivity index (χ0v) is 17.4. The largest absolute Gasteiger partial charge is 0.490 e. The van der Waals surface area contributed by atoms with Crippen molar-refractivity contribution >= 4 is 40.6 Å². The summed E-state index contributed by atoms with van der Waals surface area (Å²) in [5, 5.41) is 11.5. The maximum absolute atomic E-state index is 12.9. The number of nitro benzene ring substituents is 1. The van der Waals surface area contributed by atoms with E-state index in [0.29, 0.717) is 10.8 Å². The number of carbonyl (C=O) groups is 2. The van der Waals surface area contributed by atoms with E-state index >= 15 is 0 Å². The van der Waals surface area contributed by atoms with Crippen molar-refractivity contribution in [3.05, 3.63) is 104 Å². The van der Waals surface area contributed by atoms with Crippen LogP contribution in [0, 0.1) is 10.1 Å². The molecule has 31 heavy (non-hydrogen) atoms. The van der Waals surface area contributed by atoms with Crippen molar-refractivity contribution in [2.45, 2.75) is 0 Å². The molecule has 0 fully saturated rings. The number of ketones is 1. The molecule has 3 aromatic rings. The SMILES string of the molecule is O=C(OCCOc1cccc(Cl)c1)c1ccccc1C(=O)c1ccc(Cl)c([N+](=O)[O-])c1. The van der Waals surface area contributed by atoms with E-state index < -0.39 is 22.4 Å². The fourth-order valence-corrected chi connectivity index (χ4v) is 3.10. The van der Waals surface area contributed by atoms with Gasteiger partial charge in [-0.05, 0) is 36.4 Å². The molecule has 0 N–H and O–H groups in total. The molecule has 0 amide bonds. The number of rotatable bonds is 8. The zero-order chi connectivity index (χ0) is 22.4. The molecule has 0 saturated carbocycles. The van der Waals surface area contributed by atoms with E-state index in [1.807, 2.05) is 0 Å². The lowest BCUT2D eigenvalue weighted by Crippen LogP contribution is -2.16. The summed E-state index contributed by atoms with van der Waals surface area (Å²) < 4.78 is 10.7. The molecule has 0 radical (unpaired) electrons. The van der Waals surface area contributed by atoms with Crippen LogP contribution >= 0.6 is 23.2 Å². The summed E-state index contributed by atoms with van der Waals surface area (Å²) in [7, 11) is 0. The van der Waals surface area contributed by atoms with Gasteiger partial charge in [-0.2, -0.15) is 0 Å². The Morgan fingerprint density at radius 2 is 1.65 bits per heavy atom. The second-order valence-electron chi connectivity index (χ2n) is 6.24. The highest BCUT2D eigenvalue weighted by molar-refractivity contribution is 6.33. The topological polar surface area (TPSA) is 95.7 Å². The van der Waals surface area contributed by atoms with Crippen molar-refractivity contribution in [1.29, 1.82) is 0 Å². The van der Waals surface area contributed by atoms with E-state index in [2.05, 4.69) is 0 Å². The van der Waals surface area contributed by atoms with Crippen LogP contribution in [-0.2, 0) is 4.74 Å². The molecule has 0 aromatic heterocycles. The molecule has 3 aromatic carbocycles. The van der Waals surface area contributed by atoms with Gasteiger partial charge in [0.15, 0.2) is 5.78 Å². The third-order valence-electron chi connectivity index (χ3n) is 4.18. The van der Waals surface area contributed by atoms with Crippen molar-refractivity contribution in [2.24, 2.45) is 0 Å². The minimum atomic E-state index is -0.720. The number of nitrogens with zero attached hydrogens (tertiary/aromatic N) is 1. The van der Waals surface area contributed by atoms with Gasteiger partial charge >= 0.3 is 5.97 Å². The highest BCUT2D eigenvalue weighted by atomic mass is 35.5. The molecule has 9 heteroatoms. The van der Waals surface area contributed by atoms with Crippen molar-refractivity contribution in [3.63, 3.8) is 0 Å². The number of nitro groups is 1. The highest BCUT2D eigenvalue weighted by Crippen LogP contribution is 2.27. The summed E-state index contributed by atoms with van der Waals surface area (Å²) in [4.78, 5) is 35.8. The number of esters is 1. The monoisotopic (exact) mass is 459 g/mol. The van der Waals surface area contributed by atoms with E-state index in [1.54, 1.807) is 36.4 Å². The highest BCUT2D eigenvalue weighted by Gasteiger charge is 2.22. The Kier molecular flexibility index (Phi) is 7.23. The molecule has 0 aliphatic rings. The molecule has 7 nitrogen and oxygen atoms in total. The van der Waals surface area contributed by atoms with Crippen LogP contribution in [0.5, 0.6) is 5.75 Å². The molecule has 0 bridgehead atoms. The van der Waals surface area contributed by atoms with E-state index in [-0.39, 0.29) is 34.9 Å². The number of benzene rings is 3. The minimum Gasteiger partial charge on any atom is -0.490 e. The first kappa shape index (κ1) is 22.3. The van der Waals surface area contributed by atoms with Crippen LogP contribution in [0.15, 0.2) is 66.7 Å². The molecular weight excluding hydrogens is 445 g/mol. The lowest BCUT2D eigenvalue weighted by molar-refractivity contribution is -0.384. The summed E-state index contributed by atoms with van der Waals surface area (Å²) in [5.74, 6) is -0.756. The lowest BCUT2D eigenvalue weighted by Gasteiger charge is -2.10. The van der Waals surface area contributed by atoms with Crippen LogP contribution in [0.3, 0.4) is 0 Å². The van der Waals surface area contributed by atoms with E-state index in [9.17, 15) is 19.7 Å². The minimum absolute atomic E-state index is 0.0284. The average molecular weight is 460 g/mol. The molecule has 158 valence electrons. The molecular formula is C22H15Cl2NO6. The number of carbonyl (C=O) groups excluding carboxylic acids is 2. The fourth-order valence-electron chi connectivity index (χ4n) is 2.74. The summed E-state index contributed by atoms with van der Waals surface area (Å²) in [5.41, 5.74) is -0.279. The molecule has 0 unspecified atom stereocenters. The van der Waals surface area contributed by atoms with Crippen LogP contribution in [0.4, 0.5) is 5.69 Å². The zero-order valence-electron chi connectivity index (χ0n) is 15.9. The second-order valence-corrected chi connectivity index (χ2v) is 7.08. The molecule has 0 aliphatic heterocycles. The molecule has 0 spiro atoms. The quantitative estimate of drug-likeness (QED) is 0.148. The van der Waals surface area contributed by atoms with Gasteiger partial charge in [0.1, 0.15) is 24.0 Å². The van der Waals surface area contributed by atoms with Gasteiger partial charge in [-0.15, -0.1) is 0 Å². The van der Waals surface area contributed by atoms with Crippen LogP contribution in [0.2, 0.25) is 10.0 Å². The third kappa shape index (κ3) is 5.59. The number of hydrogen-bond acceptors (Lipinski definition) is 6. The van der Waals surface area contributed by atoms with E-state index in [1.165, 1.54) is 24.3 Å². The summed E-state index contributed by atoms with van der Waals surface area (Å²) in [6.45, 7) is 0.0336. The second kappa shape index (κ2) is 10.1. The number of ether oxygens (including phenoxy) is 2. The number of hydrogen-bond donors (Lipinski definition) is 0. The van der Waals surface area contributed by atoms with Gasteiger partial charge < -0.3 is 9.47 Å².